The number of H-pyrrole nitrogens is 1. The molecule has 18 heavy (non-hydrogen) atoms. The minimum atomic E-state index is 0.872. The van der Waals surface area contributed by atoms with Gasteiger partial charge >= 0.3 is 0 Å². The van der Waals surface area contributed by atoms with E-state index in [4.69, 9.17) is 0 Å². The number of nitrogens with zero attached hydrogens (tertiary/aromatic N) is 3. The summed E-state index contributed by atoms with van der Waals surface area (Å²) in [4.78, 5) is 13.5. The molecule has 0 aliphatic carbocycles. The van der Waals surface area contributed by atoms with E-state index in [-0.39, 0.29) is 0 Å². The smallest absolute Gasteiger partial charge is 0.0924 e. The number of anilines is 1. The van der Waals surface area contributed by atoms with Gasteiger partial charge < -0.3 is 9.88 Å². The summed E-state index contributed by atoms with van der Waals surface area (Å²) in [6, 6.07) is 8.31. The Kier molecular flexibility index (Phi) is 4.12. The minimum Gasteiger partial charge on any atom is -0.345 e. The first-order valence-electron chi connectivity index (χ1n) is 6.13. The average molecular weight is 242 g/mol. The molecule has 2 aromatic rings. The fourth-order valence-corrected chi connectivity index (χ4v) is 1.67. The van der Waals surface area contributed by atoms with Gasteiger partial charge in [0.25, 0.3) is 0 Å². The van der Waals surface area contributed by atoms with Crippen molar-refractivity contribution in [3.8, 4) is 11.3 Å². The average Bonchev–Trinajstić information content (AvgIpc) is 2.93. The number of hydrogen-bond donors (Lipinski definition) is 1. The Balaban J connectivity index is 2.08. The predicted molar refractivity (Wildman–Crippen MR) is 76.1 cm³/mol. The first kappa shape index (κ1) is 12.4. The molecular weight excluding hydrogens is 224 g/mol. The number of hydrogen-bond acceptors (Lipinski definition) is 2. The van der Waals surface area contributed by atoms with Crippen molar-refractivity contribution in [2.24, 2.45) is 4.99 Å². The van der Waals surface area contributed by atoms with Crippen LogP contribution in [0.2, 0.25) is 0 Å². The minimum absolute atomic E-state index is 0.872. The zero-order valence-electron chi connectivity index (χ0n) is 10.8. The predicted octanol–water partition coefficient (Wildman–Crippen LogP) is 2.95. The van der Waals surface area contributed by atoms with E-state index in [0.29, 0.717) is 0 Å². The summed E-state index contributed by atoms with van der Waals surface area (Å²) in [5.74, 6) is 0. The third-order valence-corrected chi connectivity index (χ3v) is 2.69. The second kappa shape index (κ2) is 6.00. The maximum Gasteiger partial charge on any atom is 0.0924 e. The summed E-state index contributed by atoms with van der Waals surface area (Å²) in [5.41, 5.74) is 3.29. The Morgan fingerprint density at radius 2 is 2.11 bits per heavy atom. The summed E-state index contributed by atoms with van der Waals surface area (Å²) < 4.78 is 0. The van der Waals surface area contributed by atoms with Crippen LogP contribution in [0.1, 0.15) is 13.3 Å². The molecule has 1 aromatic carbocycles. The van der Waals surface area contributed by atoms with Crippen LogP contribution in [-0.4, -0.2) is 29.9 Å². The highest BCUT2D eigenvalue weighted by molar-refractivity contribution is 5.79. The molecule has 4 nitrogen and oxygen atoms in total. The molecule has 0 spiro atoms. The Bertz CT molecular complexity index is 485. The molecule has 4 heteroatoms. The van der Waals surface area contributed by atoms with Crippen molar-refractivity contribution in [3.05, 3.63) is 36.8 Å². The summed E-state index contributed by atoms with van der Waals surface area (Å²) in [5, 5.41) is 0. The number of imidazole rings is 1. The Hall–Kier alpha value is -2.10. The van der Waals surface area contributed by atoms with Crippen LogP contribution in [-0.2, 0) is 0 Å². The van der Waals surface area contributed by atoms with E-state index < -0.39 is 0 Å². The summed E-state index contributed by atoms with van der Waals surface area (Å²) >= 11 is 0. The Morgan fingerprint density at radius 1 is 1.33 bits per heavy atom. The molecule has 2 rings (SSSR count). The maximum absolute atomic E-state index is 4.32. The van der Waals surface area contributed by atoms with E-state index in [9.17, 15) is 0 Å². The van der Waals surface area contributed by atoms with Crippen LogP contribution in [0.15, 0.2) is 41.8 Å². The number of aliphatic imine (C=N–C) groups is 1. The van der Waals surface area contributed by atoms with Crippen LogP contribution in [0.5, 0.6) is 0 Å². The van der Waals surface area contributed by atoms with Crippen molar-refractivity contribution in [1.29, 1.82) is 0 Å². The molecule has 0 saturated carbocycles. The number of rotatable bonds is 5. The Morgan fingerprint density at radius 3 is 2.72 bits per heavy atom. The van der Waals surface area contributed by atoms with Gasteiger partial charge in [-0.05, 0) is 24.1 Å². The molecule has 0 unspecified atom stereocenters. The molecule has 0 amide bonds. The summed E-state index contributed by atoms with van der Waals surface area (Å²) in [7, 11) is 2.00. The van der Waals surface area contributed by atoms with Crippen LogP contribution in [0, 0.1) is 0 Å². The zero-order chi connectivity index (χ0) is 12.8. The van der Waals surface area contributed by atoms with E-state index in [1.54, 1.807) is 6.33 Å². The zero-order valence-corrected chi connectivity index (χ0v) is 10.8. The highest BCUT2D eigenvalue weighted by Gasteiger charge is 2.00. The van der Waals surface area contributed by atoms with Gasteiger partial charge in [0.1, 0.15) is 0 Å². The molecule has 0 aliphatic rings. The molecule has 0 bridgehead atoms. The molecule has 0 atom stereocenters. The van der Waals surface area contributed by atoms with Crippen molar-refractivity contribution in [1.82, 2.24) is 9.97 Å². The van der Waals surface area contributed by atoms with Crippen molar-refractivity contribution in [2.45, 2.75) is 13.3 Å². The molecule has 0 radical (unpaired) electrons. The third kappa shape index (κ3) is 2.97. The lowest BCUT2D eigenvalue weighted by molar-refractivity contribution is 0.932. The lowest BCUT2D eigenvalue weighted by atomic mass is 10.1. The van der Waals surface area contributed by atoms with Crippen molar-refractivity contribution < 1.29 is 0 Å². The van der Waals surface area contributed by atoms with Gasteiger partial charge in [-0.15, -0.1) is 0 Å². The fraction of sp³-hybridized carbons (Fsp3) is 0.286. The van der Waals surface area contributed by atoms with Gasteiger partial charge in [0.2, 0.25) is 0 Å². The highest BCUT2D eigenvalue weighted by atomic mass is 15.1. The lowest BCUT2D eigenvalue weighted by Crippen LogP contribution is -2.14. The van der Waals surface area contributed by atoms with Crippen LogP contribution in [0.3, 0.4) is 0 Å². The monoisotopic (exact) mass is 242 g/mol. The third-order valence-electron chi connectivity index (χ3n) is 2.69. The second-order valence-electron chi connectivity index (χ2n) is 4.14. The van der Waals surface area contributed by atoms with Gasteiger partial charge in [0.15, 0.2) is 0 Å². The fourth-order valence-electron chi connectivity index (χ4n) is 1.67. The number of aromatic amines is 1. The SMILES string of the molecule is CCCN=CN(C)c1ccc(-c2cnc[nH]2)cc1. The first-order chi connectivity index (χ1) is 8.81. The van der Waals surface area contributed by atoms with Crippen LogP contribution in [0.25, 0.3) is 11.3 Å². The van der Waals surface area contributed by atoms with Gasteiger partial charge in [-0.1, -0.05) is 19.1 Å². The molecule has 1 aromatic heterocycles. The van der Waals surface area contributed by atoms with E-state index in [2.05, 4.69) is 46.1 Å². The molecule has 0 fully saturated rings. The van der Waals surface area contributed by atoms with Gasteiger partial charge in [-0.25, -0.2) is 4.98 Å². The number of nitrogens with one attached hydrogen (secondary N) is 1. The largest absolute Gasteiger partial charge is 0.345 e. The first-order valence-corrected chi connectivity index (χ1v) is 6.13. The summed E-state index contributed by atoms with van der Waals surface area (Å²) in [6.07, 6.45) is 6.45. The molecule has 94 valence electrons. The topological polar surface area (TPSA) is 44.3 Å². The van der Waals surface area contributed by atoms with Crippen LogP contribution in [0.4, 0.5) is 5.69 Å². The van der Waals surface area contributed by atoms with Gasteiger partial charge in [0.05, 0.1) is 24.6 Å². The van der Waals surface area contributed by atoms with Crippen LogP contribution < -0.4 is 4.90 Å². The van der Waals surface area contributed by atoms with E-state index >= 15 is 0 Å². The standard InChI is InChI=1S/C14H18N4/c1-3-8-15-11-18(2)13-6-4-12(5-7-13)14-9-16-10-17-14/h4-7,9-11H,3,8H2,1-2H3,(H,16,17). The molecular formula is C14H18N4. The van der Waals surface area contributed by atoms with Crippen LogP contribution >= 0.6 is 0 Å². The second-order valence-corrected chi connectivity index (χ2v) is 4.14. The summed E-state index contributed by atoms with van der Waals surface area (Å²) in [6.45, 7) is 2.99. The number of benzene rings is 1. The van der Waals surface area contributed by atoms with E-state index in [1.165, 1.54) is 0 Å². The maximum atomic E-state index is 4.32. The highest BCUT2D eigenvalue weighted by Crippen LogP contribution is 2.20. The molecule has 0 saturated heterocycles. The molecule has 1 heterocycles. The number of aromatic nitrogens is 2. The van der Waals surface area contributed by atoms with E-state index in [1.807, 2.05) is 24.5 Å². The van der Waals surface area contributed by atoms with Gasteiger partial charge in [-0.3, -0.25) is 4.99 Å². The van der Waals surface area contributed by atoms with Gasteiger partial charge in [-0.2, -0.15) is 0 Å². The molecule has 0 aliphatic heterocycles. The quantitative estimate of drug-likeness (QED) is 0.647. The molecule has 1 N–H and O–H groups in total. The van der Waals surface area contributed by atoms with Gasteiger partial charge in [0, 0.05) is 19.3 Å². The lowest BCUT2D eigenvalue weighted by Gasteiger charge is -2.13. The van der Waals surface area contributed by atoms with Crippen molar-refractivity contribution in [3.63, 3.8) is 0 Å². The van der Waals surface area contributed by atoms with E-state index in [0.717, 1.165) is 29.9 Å². The Labute approximate surface area is 107 Å². The normalized spacial score (nSPS) is 11.0. The van der Waals surface area contributed by atoms with Crippen molar-refractivity contribution in [2.75, 3.05) is 18.5 Å². The van der Waals surface area contributed by atoms with Crippen molar-refractivity contribution >= 4 is 12.0 Å².